The molecular formula is C25H28N2O3. The Morgan fingerprint density at radius 3 is 2.57 bits per heavy atom. The van der Waals surface area contributed by atoms with Crippen molar-refractivity contribution in [3.05, 3.63) is 71.3 Å². The Labute approximate surface area is 177 Å². The van der Waals surface area contributed by atoms with Crippen LogP contribution in [0.25, 0.3) is 0 Å². The summed E-state index contributed by atoms with van der Waals surface area (Å²) in [5.74, 6) is 0.647. The fourth-order valence-electron chi connectivity index (χ4n) is 5.26. The Bertz CT molecular complexity index is 956. The summed E-state index contributed by atoms with van der Waals surface area (Å²) in [4.78, 5) is 29.7. The molecule has 3 atom stereocenters. The highest BCUT2D eigenvalue weighted by molar-refractivity contribution is 5.85. The maximum atomic E-state index is 13.2. The molecule has 1 spiro atoms. The van der Waals surface area contributed by atoms with Crippen molar-refractivity contribution in [1.29, 1.82) is 0 Å². The van der Waals surface area contributed by atoms with E-state index in [-0.39, 0.29) is 24.0 Å². The van der Waals surface area contributed by atoms with Crippen LogP contribution in [0.15, 0.2) is 54.6 Å². The van der Waals surface area contributed by atoms with Gasteiger partial charge in [-0.1, -0.05) is 68.4 Å². The molecule has 2 aromatic carbocycles. The second-order valence-corrected chi connectivity index (χ2v) is 9.00. The lowest BCUT2D eigenvalue weighted by molar-refractivity contribution is -0.142. The van der Waals surface area contributed by atoms with Gasteiger partial charge in [0.15, 0.2) is 5.72 Å². The standard InChI is InChI=1S/C25H28N2O3/c1-17(2)19-10-8-18(9-11-19)14-23(28)26-13-12-25-22(26)15-24(29)27(25)16-21(30-25)20-6-4-3-5-7-20/h3-11,17,21-22H,12-16H2,1-2H3/t21-,22-,25+/m1/s1. The number of hydrogen-bond donors (Lipinski definition) is 0. The maximum absolute atomic E-state index is 13.2. The van der Waals surface area contributed by atoms with E-state index >= 15 is 0 Å². The number of carbonyl (C=O) groups is 2. The number of benzene rings is 2. The van der Waals surface area contributed by atoms with Gasteiger partial charge in [0.05, 0.1) is 25.4 Å². The van der Waals surface area contributed by atoms with Crippen LogP contribution in [0.5, 0.6) is 0 Å². The van der Waals surface area contributed by atoms with Crippen molar-refractivity contribution in [3.63, 3.8) is 0 Å². The molecule has 2 amide bonds. The first-order chi connectivity index (χ1) is 14.5. The number of likely N-dealkylation sites (tertiary alicyclic amines) is 1. The largest absolute Gasteiger partial charge is 0.343 e. The van der Waals surface area contributed by atoms with Crippen molar-refractivity contribution in [2.45, 2.75) is 56.9 Å². The molecule has 0 aromatic heterocycles. The SMILES string of the molecule is CC(C)c1ccc(CC(=O)N2CC[C@@]34O[C@@H](c5ccccc5)CN3C(=O)C[C@@H]24)cc1. The third kappa shape index (κ3) is 3.03. The van der Waals surface area contributed by atoms with Crippen molar-refractivity contribution in [2.24, 2.45) is 0 Å². The fourth-order valence-corrected chi connectivity index (χ4v) is 5.26. The fraction of sp³-hybridized carbons (Fsp3) is 0.440. The van der Waals surface area contributed by atoms with E-state index in [1.165, 1.54) is 5.56 Å². The average molecular weight is 405 g/mol. The van der Waals surface area contributed by atoms with Crippen LogP contribution in [0, 0.1) is 0 Å². The van der Waals surface area contributed by atoms with Crippen LogP contribution in [0.4, 0.5) is 0 Å². The Morgan fingerprint density at radius 2 is 1.87 bits per heavy atom. The average Bonchev–Trinajstić information content (AvgIpc) is 3.37. The summed E-state index contributed by atoms with van der Waals surface area (Å²) in [5, 5.41) is 0. The molecule has 3 aliphatic heterocycles. The van der Waals surface area contributed by atoms with E-state index in [2.05, 4.69) is 26.0 Å². The zero-order valence-corrected chi connectivity index (χ0v) is 17.6. The first kappa shape index (κ1) is 19.3. The molecular weight excluding hydrogens is 376 g/mol. The van der Waals surface area contributed by atoms with Gasteiger partial charge in [-0.25, -0.2) is 0 Å². The lowest BCUT2D eigenvalue weighted by Gasteiger charge is -2.32. The highest BCUT2D eigenvalue weighted by Crippen LogP contribution is 2.50. The topological polar surface area (TPSA) is 49.9 Å². The second kappa shape index (κ2) is 7.24. The smallest absolute Gasteiger partial charge is 0.227 e. The van der Waals surface area contributed by atoms with Gasteiger partial charge in [0.1, 0.15) is 6.10 Å². The molecule has 156 valence electrons. The highest BCUT2D eigenvalue weighted by Gasteiger charge is 2.64. The summed E-state index contributed by atoms with van der Waals surface area (Å²) in [7, 11) is 0. The summed E-state index contributed by atoms with van der Waals surface area (Å²) < 4.78 is 6.54. The van der Waals surface area contributed by atoms with E-state index in [1.807, 2.05) is 52.3 Å². The molecule has 2 aromatic rings. The van der Waals surface area contributed by atoms with Crippen molar-refractivity contribution < 1.29 is 14.3 Å². The van der Waals surface area contributed by atoms with E-state index in [9.17, 15) is 9.59 Å². The van der Waals surface area contributed by atoms with E-state index < -0.39 is 5.72 Å². The minimum Gasteiger partial charge on any atom is -0.343 e. The summed E-state index contributed by atoms with van der Waals surface area (Å²) in [5.41, 5.74) is 2.72. The van der Waals surface area contributed by atoms with Gasteiger partial charge in [0.25, 0.3) is 0 Å². The van der Waals surface area contributed by atoms with Crippen LogP contribution >= 0.6 is 0 Å². The highest BCUT2D eigenvalue weighted by atomic mass is 16.5. The number of hydrogen-bond acceptors (Lipinski definition) is 3. The van der Waals surface area contributed by atoms with Crippen LogP contribution in [-0.2, 0) is 20.7 Å². The predicted molar refractivity (Wildman–Crippen MR) is 114 cm³/mol. The molecule has 3 fully saturated rings. The molecule has 3 heterocycles. The van der Waals surface area contributed by atoms with Gasteiger partial charge in [0.2, 0.25) is 11.8 Å². The van der Waals surface area contributed by atoms with Gasteiger partial charge in [-0.3, -0.25) is 9.59 Å². The number of rotatable bonds is 4. The molecule has 30 heavy (non-hydrogen) atoms. The van der Waals surface area contributed by atoms with Gasteiger partial charge in [-0.2, -0.15) is 0 Å². The lowest BCUT2D eigenvalue weighted by Crippen LogP contribution is -2.49. The van der Waals surface area contributed by atoms with Crippen LogP contribution in [-0.4, -0.2) is 46.5 Å². The normalized spacial score (nSPS) is 27.6. The number of amides is 2. The number of nitrogens with zero attached hydrogens (tertiary/aromatic N) is 2. The van der Waals surface area contributed by atoms with Gasteiger partial charge in [-0.15, -0.1) is 0 Å². The van der Waals surface area contributed by atoms with Crippen molar-refractivity contribution in [3.8, 4) is 0 Å². The molecule has 0 aliphatic carbocycles. The minimum absolute atomic E-state index is 0.0792. The van der Waals surface area contributed by atoms with Gasteiger partial charge < -0.3 is 14.5 Å². The first-order valence-electron chi connectivity index (χ1n) is 10.9. The molecule has 0 saturated carbocycles. The third-order valence-corrected chi connectivity index (χ3v) is 6.92. The molecule has 3 saturated heterocycles. The van der Waals surface area contributed by atoms with E-state index in [4.69, 9.17) is 4.74 Å². The monoisotopic (exact) mass is 404 g/mol. The summed E-state index contributed by atoms with van der Waals surface area (Å²) in [6, 6.07) is 18.2. The zero-order chi connectivity index (χ0) is 20.9. The third-order valence-electron chi connectivity index (χ3n) is 6.92. The molecule has 5 nitrogen and oxygen atoms in total. The Morgan fingerprint density at radius 1 is 1.13 bits per heavy atom. The lowest BCUT2D eigenvalue weighted by atomic mass is 10.0. The maximum Gasteiger partial charge on any atom is 0.227 e. The predicted octanol–water partition coefficient (Wildman–Crippen LogP) is 3.65. The number of ether oxygens (including phenoxy) is 1. The molecule has 3 aliphatic rings. The van der Waals surface area contributed by atoms with Crippen LogP contribution in [0.1, 0.15) is 55.4 Å². The van der Waals surface area contributed by atoms with Crippen LogP contribution < -0.4 is 0 Å². The molecule has 0 radical (unpaired) electrons. The van der Waals surface area contributed by atoms with Crippen LogP contribution in [0.3, 0.4) is 0 Å². The van der Waals surface area contributed by atoms with Crippen molar-refractivity contribution in [1.82, 2.24) is 9.80 Å². The Balaban J connectivity index is 1.33. The number of carbonyl (C=O) groups excluding carboxylic acids is 2. The molecule has 5 heteroatoms. The van der Waals surface area contributed by atoms with Gasteiger partial charge in [-0.05, 0) is 22.6 Å². The Kier molecular flexibility index (Phi) is 4.66. The van der Waals surface area contributed by atoms with Crippen LogP contribution in [0.2, 0.25) is 0 Å². The minimum atomic E-state index is -0.658. The van der Waals surface area contributed by atoms with E-state index in [0.29, 0.717) is 38.3 Å². The van der Waals surface area contributed by atoms with E-state index in [0.717, 1.165) is 11.1 Å². The Hall–Kier alpha value is -2.66. The van der Waals surface area contributed by atoms with Gasteiger partial charge >= 0.3 is 0 Å². The van der Waals surface area contributed by atoms with Crippen molar-refractivity contribution >= 4 is 11.8 Å². The van der Waals surface area contributed by atoms with Gasteiger partial charge in [0, 0.05) is 13.0 Å². The molecule has 0 bridgehead atoms. The summed E-state index contributed by atoms with van der Waals surface area (Å²) in [6.45, 7) is 5.53. The van der Waals surface area contributed by atoms with Crippen molar-refractivity contribution in [2.75, 3.05) is 13.1 Å². The quantitative estimate of drug-likeness (QED) is 0.782. The molecule has 0 N–H and O–H groups in total. The molecule has 5 rings (SSSR count). The first-order valence-corrected chi connectivity index (χ1v) is 10.9. The zero-order valence-electron chi connectivity index (χ0n) is 17.6. The molecule has 0 unspecified atom stereocenters. The summed E-state index contributed by atoms with van der Waals surface area (Å²) in [6.07, 6.45) is 1.28. The second-order valence-electron chi connectivity index (χ2n) is 9.00. The summed E-state index contributed by atoms with van der Waals surface area (Å²) >= 11 is 0. The van der Waals surface area contributed by atoms with E-state index in [1.54, 1.807) is 0 Å².